The zero-order valence-electron chi connectivity index (χ0n) is 8.72. The molecule has 84 valence electrons. The molecule has 2 heterocycles. The summed E-state index contributed by atoms with van der Waals surface area (Å²) in [4.78, 5) is 15.1. The Hall–Kier alpha value is -1.55. The summed E-state index contributed by atoms with van der Waals surface area (Å²) in [5.74, 6) is -1.32. The molecule has 2 aromatic heterocycles. The lowest BCUT2D eigenvalue weighted by Gasteiger charge is -2.02. The number of hydrogen-bond acceptors (Lipinski definition) is 2. The van der Waals surface area contributed by atoms with Crippen molar-refractivity contribution in [1.82, 2.24) is 9.38 Å². The number of carbonyl (C=O) groups is 1. The van der Waals surface area contributed by atoms with Gasteiger partial charge in [0.1, 0.15) is 10.8 Å². The summed E-state index contributed by atoms with van der Waals surface area (Å²) in [6.45, 7) is 1.64. The molecule has 0 fully saturated rings. The predicted octanol–water partition coefficient (Wildman–Crippen LogP) is 2.25. The first-order valence-electron chi connectivity index (χ1n) is 4.94. The van der Waals surface area contributed by atoms with E-state index in [9.17, 15) is 4.79 Å². The molecule has 1 N–H and O–H groups in total. The van der Waals surface area contributed by atoms with Gasteiger partial charge in [0.25, 0.3) is 0 Å². The summed E-state index contributed by atoms with van der Waals surface area (Å²) in [6.07, 6.45) is 2.15. The van der Waals surface area contributed by atoms with Crippen LogP contribution in [0.25, 0.3) is 5.65 Å². The SMILES string of the molecule is CC(Cc1nc2ccccn2c1Cl)C(=O)O. The van der Waals surface area contributed by atoms with E-state index in [-0.39, 0.29) is 0 Å². The average Bonchev–Trinajstić information content (AvgIpc) is 2.56. The molecule has 1 atom stereocenters. The number of imidazole rings is 1. The van der Waals surface area contributed by atoms with Crippen molar-refractivity contribution in [3.8, 4) is 0 Å². The van der Waals surface area contributed by atoms with Crippen LogP contribution in [0.4, 0.5) is 0 Å². The Kier molecular flexibility index (Phi) is 2.83. The summed E-state index contributed by atoms with van der Waals surface area (Å²) < 4.78 is 1.74. The van der Waals surface area contributed by atoms with Crippen molar-refractivity contribution in [2.75, 3.05) is 0 Å². The van der Waals surface area contributed by atoms with Crippen LogP contribution in [0.5, 0.6) is 0 Å². The molecule has 0 saturated carbocycles. The number of carboxylic acid groups (broad SMARTS) is 1. The highest BCUT2D eigenvalue weighted by atomic mass is 35.5. The average molecular weight is 239 g/mol. The van der Waals surface area contributed by atoms with E-state index in [2.05, 4.69) is 4.98 Å². The van der Waals surface area contributed by atoms with Gasteiger partial charge >= 0.3 is 5.97 Å². The van der Waals surface area contributed by atoms with Gasteiger partial charge in [-0.15, -0.1) is 0 Å². The van der Waals surface area contributed by atoms with Crippen LogP contribution < -0.4 is 0 Å². The fourth-order valence-corrected chi connectivity index (χ4v) is 1.78. The lowest BCUT2D eigenvalue weighted by atomic mass is 10.1. The van der Waals surface area contributed by atoms with E-state index in [1.807, 2.05) is 18.2 Å². The zero-order chi connectivity index (χ0) is 11.7. The van der Waals surface area contributed by atoms with Crippen LogP contribution in [0, 0.1) is 5.92 Å². The molecule has 16 heavy (non-hydrogen) atoms. The molecule has 0 aliphatic carbocycles. The second-order valence-corrected chi connectivity index (χ2v) is 4.08. The Morgan fingerprint density at radius 1 is 1.62 bits per heavy atom. The molecule has 0 amide bonds. The Labute approximate surface area is 97.5 Å². The number of hydrogen-bond donors (Lipinski definition) is 1. The summed E-state index contributed by atoms with van der Waals surface area (Å²) in [6, 6.07) is 5.55. The lowest BCUT2D eigenvalue weighted by molar-refractivity contribution is -0.141. The molecule has 0 bridgehead atoms. The van der Waals surface area contributed by atoms with E-state index in [1.54, 1.807) is 17.5 Å². The number of pyridine rings is 1. The Morgan fingerprint density at radius 2 is 2.38 bits per heavy atom. The van der Waals surface area contributed by atoms with Crippen molar-refractivity contribution in [3.05, 3.63) is 35.2 Å². The van der Waals surface area contributed by atoms with E-state index in [1.165, 1.54) is 0 Å². The largest absolute Gasteiger partial charge is 0.481 e. The van der Waals surface area contributed by atoms with Gasteiger partial charge in [-0.3, -0.25) is 9.20 Å². The maximum Gasteiger partial charge on any atom is 0.306 e. The van der Waals surface area contributed by atoms with E-state index < -0.39 is 11.9 Å². The van der Waals surface area contributed by atoms with Gasteiger partial charge in [0, 0.05) is 12.6 Å². The maximum atomic E-state index is 10.8. The third kappa shape index (κ3) is 1.88. The second-order valence-electron chi connectivity index (χ2n) is 3.72. The Bertz CT molecular complexity index is 536. The fraction of sp³-hybridized carbons (Fsp3) is 0.273. The fourth-order valence-electron chi connectivity index (χ4n) is 1.52. The number of carboxylic acids is 1. The molecule has 5 heteroatoms. The van der Waals surface area contributed by atoms with Gasteiger partial charge in [-0.2, -0.15) is 0 Å². The van der Waals surface area contributed by atoms with E-state index >= 15 is 0 Å². The first-order valence-corrected chi connectivity index (χ1v) is 5.31. The number of fused-ring (bicyclic) bond motifs is 1. The number of rotatable bonds is 3. The predicted molar refractivity (Wildman–Crippen MR) is 60.7 cm³/mol. The number of nitrogens with zero attached hydrogens (tertiary/aromatic N) is 2. The molecule has 0 aliphatic rings. The molecule has 0 saturated heterocycles. The van der Waals surface area contributed by atoms with Crippen LogP contribution in [0.15, 0.2) is 24.4 Å². The van der Waals surface area contributed by atoms with Crippen molar-refractivity contribution >= 4 is 23.2 Å². The summed E-state index contributed by atoms with van der Waals surface area (Å²) in [5, 5.41) is 9.32. The van der Waals surface area contributed by atoms with Crippen LogP contribution in [-0.2, 0) is 11.2 Å². The molecule has 0 radical (unpaired) electrons. The number of aromatic nitrogens is 2. The zero-order valence-corrected chi connectivity index (χ0v) is 9.48. The minimum atomic E-state index is -0.840. The minimum Gasteiger partial charge on any atom is -0.481 e. The van der Waals surface area contributed by atoms with Crippen LogP contribution in [0.1, 0.15) is 12.6 Å². The number of aliphatic carboxylic acids is 1. The summed E-state index contributed by atoms with van der Waals surface area (Å²) in [7, 11) is 0. The van der Waals surface area contributed by atoms with Gasteiger partial charge in [-0.25, -0.2) is 4.98 Å². The van der Waals surface area contributed by atoms with Gasteiger partial charge < -0.3 is 5.11 Å². The third-order valence-corrected chi connectivity index (χ3v) is 2.86. The van der Waals surface area contributed by atoms with Crippen molar-refractivity contribution in [2.24, 2.45) is 5.92 Å². The molecular weight excluding hydrogens is 228 g/mol. The van der Waals surface area contributed by atoms with Crippen LogP contribution in [-0.4, -0.2) is 20.5 Å². The normalized spacial score (nSPS) is 12.9. The second kappa shape index (κ2) is 4.14. The molecule has 0 aromatic carbocycles. The molecule has 1 unspecified atom stereocenters. The van der Waals surface area contributed by atoms with E-state index in [4.69, 9.17) is 16.7 Å². The van der Waals surface area contributed by atoms with Crippen molar-refractivity contribution < 1.29 is 9.90 Å². The molecule has 0 aliphatic heterocycles. The Morgan fingerprint density at radius 3 is 3.00 bits per heavy atom. The summed E-state index contributed by atoms with van der Waals surface area (Å²) >= 11 is 6.11. The van der Waals surface area contributed by atoms with Gasteiger partial charge in [0.05, 0.1) is 11.6 Å². The minimum absolute atomic E-state index is 0.343. The van der Waals surface area contributed by atoms with Crippen LogP contribution >= 0.6 is 11.6 Å². The molecule has 0 spiro atoms. The highest BCUT2D eigenvalue weighted by Gasteiger charge is 2.17. The van der Waals surface area contributed by atoms with Crippen molar-refractivity contribution in [3.63, 3.8) is 0 Å². The van der Waals surface area contributed by atoms with Gasteiger partial charge in [0.2, 0.25) is 0 Å². The highest BCUT2D eigenvalue weighted by molar-refractivity contribution is 6.30. The Balaban J connectivity index is 2.38. The molecular formula is C11H11ClN2O2. The summed E-state index contributed by atoms with van der Waals surface area (Å²) in [5.41, 5.74) is 1.36. The topological polar surface area (TPSA) is 54.6 Å². The monoisotopic (exact) mass is 238 g/mol. The molecule has 2 rings (SSSR count). The standard InChI is InChI=1S/C11H11ClN2O2/c1-7(11(15)16)6-8-10(12)14-5-3-2-4-9(14)13-8/h2-5,7H,6H2,1H3,(H,15,16). The highest BCUT2D eigenvalue weighted by Crippen LogP contribution is 2.20. The quantitative estimate of drug-likeness (QED) is 0.892. The third-order valence-electron chi connectivity index (χ3n) is 2.46. The van der Waals surface area contributed by atoms with Crippen LogP contribution in [0.3, 0.4) is 0 Å². The van der Waals surface area contributed by atoms with Gasteiger partial charge in [-0.05, 0) is 12.1 Å². The van der Waals surface area contributed by atoms with Crippen LogP contribution in [0.2, 0.25) is 5.15 Å². The maximum absolute atomic E-state index is 10.8. The van der Waals surface area contributed by atoms with E-state index in [0.717, 1.165) is 5.65 Å². The number of halogens is 1. The smallest absolute Gasteiger partial charge is 0.306 e. The van der Waals surface area contributed by atoms with Crippen molar-refractivity contribution in [1.29, 1.82) is 0 Å². The first kappa shape index (κ1) is 11.0. The van der Waals surface area contributed by atoms with Gasteiger partial charge in [0.15, 0.2) is 0 Å². The lowest BCUT2D eigenvalue weighted by Crippen LogP contribution is -2.12. The van der Waals surface area contributed by atoms with E-state index in [0.29, 0.717) is 17.3 Å². The first-order chi connectivity index (χ1) is 7.59. The molecule has 4 nitrogen and oxygen atoms in total. The van der Waals surface area contributed by atoms with Gasteiger partial charge in [-0.1, -0.05) is 24.6 Å². The van der Waals surface area contributed by atoms with Crippen molar-refractivity contribution in [2.45, 2.75) is 13.3 Å². The molecule has 2 aromatic rings.